The molecule has 142 valence electrons. The van der Waals surface area contributed by atoms with Crippen LogP contribution in [0.4, 0.5) is 4.39 Å². The van der Waals surface area contributed by atoms with Crippen LogP contribution in [0, 0.1) is 5.82 Å². The number of halogens is 1. The van der Waals surface area contributed by atoms with Crippen molar-refractivity contribution < 1.29 is 13.6 Å². The van der Waals surface area contributed by atoms with Gasteiger partial charge in [0.05, 0.1) is 16.8 Å². The third-order valence-corrected chi connectivity index (χ3v) is 5.45. The summed E-state index contributed by atoms with van der Waals surface area (Å²) in [5, 5.41) is 10.3. The molecule has 3 aromatic carbocycles. The van der Waals surface area contributed by atoms with E-state index in [0.717, 1.165) is 21.8 Å². The summed E-state index contributed by atoms with van der Waals surface area (Å²) in [5.41, 5.74) is 2.37. The number of nitrogens with zero attached hydrogens (tertiary/aromatic N) is 3. The largest absolute Gasteiger partial charge is 0.411 e. The van der Waals surface area contributed by atoms with Gasteiger partial charge in [-0.3, -0.25) is 9.36 Å². The molecule has 0 radical (unpaired) electrons. The van der Waals surface area contributed by atoms with Crippen molar-refractivity contribution in [3.8, 4) is 11.5 Å². The summed E-state index contributed by atoms with van der Waals surface area (Å²) >= 11 is 1.18. The number of para-hydroxylation sites is 2. The lowest BCUT2D eigenvalue weighted by atomic mass is 10.2. The topological polar surface area (TPSA) is 60.9 Å². The van der Waals surface area contributed by atoms with Crippen LogP contribution in [0.5, 0.6) is 0 Å². The third kappa shape index (κ3) is 3.19. The average molecular weight is 403 g/mol. The standard InChI is InChI=1S/C22H14FN3O2S/c23-15-11-9-14(10-12-15)21-24-25-22(28-21)29-13-20(27)26-18-7-3-1-5-16(18)17-6-2-4-8-19(17)26/h1-12H,13H2. The van der Waals surface area contributed by atoms with E-state index >= 15 is 0 Å². The van der Waals surface area contributed by atoms with Crippen molar-refractivity contribution in [1.29, 1.82) is 0 Å². The van der Waals surface area contributed by atoms with Gasteiger partial charge >= 0.3 is 0 Å². The molecule has 29 heavy (non-hydrogen) atoms. The number of benzene rings is 3. The van der Waals surface area contributed by atoms with Crippen molar-refractivity contribution in [2.75, 3.05) is 5.75 Å². The van der Waals surface area contributed by atoms with Gasteiger partial charge in [-0.25, -0.2) is 4.39 Å². The van der Waals surface area contributed by atoms with Crippen LogP contribution < -0.4 is 0 Å². The molecule has 7 heteroatoms. The number of aromatic nitrogens is 3. The first-order chi connectivity index (χ1) is 14.2. The highest BCUT2D eigenvalue weighted by atomic mass is 32.2. The van der Waals surface area contributed by atoms with E-state index in [2.05, 4.69) is 10.2 Å². The Bertz CT molecular complexity index is 1290. The summed E-state index contributed by atoms with van der Waals surface area (Å²) in [5.74, 6) is 0.0265. The Labute approximate surface area is 169 Å². The molecular formula is C22H14FN3O2S. The van der Waals surface area contributed by atoms with Gasteiger partial charge in [0.15, 0.2) is 0 Å². The molecule has 0 aliphatic rings. The number of carbonyl (C=O) groups is 1. The van der Waals surface area contributed by atoms with Gasteiger partial charge in [0.1, 0.15) is 5.82 Å². The second kappa shape index (κ2) is 7.18. The number of fused-ring (bicyclic) bond motifs is 3. The fourth-order valence-corrected chi connectivity index (χ4v) is 3.97. The smallest absolute Gasteiger partial charge is 0.277 e. The first kappa shape index (κ1) is 17.6. The summed E-state index contributed by atoms with van der Waals surface area (Å²) in [4.78, 5) is 13.0. The van der Waals surface area contributed by atoms with Gasteiger partial charge in [-0.15, -0.1) is 10.2 Å². The van der Waals surface area contributed by atoms with E-state index in [1.807, 2.05) is 48.5 Å². The summed E-state index contributed by atoms with van der Waals surface area (Å²) < 4.78 is 20.4. The van der Waals surface area contributed by atoms with Gasteiger partial charge in [0.25, 0.3) is 5.22 Å². The molecule has 0 saturated heterocycles. The fraction of sp³-hybridized carbons (Fsp3) is 0.0455. The highest BCUT2D eigenvalue weighted by molar-refractivity contribution is 7.99. The maximum Gasteiger partial charge on any atom is 0.277 e. The Kier molecular flexibility index (Phi) is 4.37. The van der Waals surface area contributed by atoms with Crippen molar-refractivity contribution >= 4 is 39.5 Å². The van der Waals surface area contributed by atoms with Crippen LogP contribution in [0.15, 0.2) is 82.4 Å². The minimum absolute atomic E-state index is 0.0751. The predicted octanol–water partition coefficient (Wildman–Crippen LogP) is 5.42. The molecule has 0 spiro atoms. The SMILES string of the molecule is O=C(CSc1nnc(-c2ccc(F)cc2)o1)n1c2ccccc2c2ccccc21. The summed E-state index contributed by atoms with van der Waals surface area (Å²) in [6, 6.07) is 21.5. The van der Waals surface area contributed by atoms with Gasteiger partial charge in [-0.2, -0.15) is 0 Å². The Morgan fingerprint density at radius 3 is 2.17 bits per heavy atom. The lowest BCUT2D eigenvalue weighted by Crippen LogP contribution is -2.12. The van der Waals surface area contributed by atoms with Crippen molar-refractivity contribution in [2.45, 2.75) is 5.22 Å². The van der Waals surface area contributed by atoms with E-state index < -0.39 is 0 Å². The first-order valence-corrected chi connectivity index (χ1v) is 9.93. The predicted molar refractivity (Wildman–Crippen MR) is 110 cm³/mol. The first-order valence-electron chi connectivity index (χ1n) is 8.94. The normalized spacial score (nSPS) is 11.3. The Morgan fingerprint density at radius 2 is 1.52 bits per heavy atom. The molecular weight excluding hydrogens is 389 g/mol. The quantitative estimate of drug-likeness (QED) is 0.375. The maximum atomic E-state index is 13.1. The Morgan fingerprint density at radius 1 is 0.897 bits per heavy atom. The molecule has 0 amide bonds. The van der Waals surface area contributed by atoms with Crippen LogP contribution in [0.1, 0.15) is 4.79 Å². The molecule has 2 aromatic heterocycles. The van der Waals surface area contributed by atoms with Crippen molar-refractivity contribution in [2.24, 2.45) is 0 Å². The number of hydrogen-bond donors (Lipinski definition) is 0. The second-order valence-electron chi connectivity index (χ2n) is 6.43. The zero-order valence-electron chi connectivity index (χ0n) is 15.1. The third-order valence-electron chi connectivity index (χ3n) is 4.65. The van der Waals surface area contributed by atoms with E-state index in [4.69, 9.17) is 4.42 Å². The number of carbonyl (C=O) groups excluding carboxylic acids is 1. The molecule has 0 bridgehead atoms. The molecule has 0 N–H and O–H groups in total. The van der Waals surface area contributed by atoms with Gasteiger partial charge in [-0.1, -0.05) is 48.2 Å². The number of hydrogen-bond acceptors (Lipinski definition) is 5. The van der Waals surface area contributed by atoms with E-state index in [-0.39, 0.29) is 23.4 Å². The molecule has 0 fully saturated rings. The summed E-state index contributed by atoms with van der Waals surface area (Å²) in [6.07, 6.45) is 0. The van der Waals surface area contributed by atoms with E-state index in [0.29, 0.717) is 10.8 Å². The Hall–Kier alpha value is -3.45. The highest BCUT2D eigenvalue weighted by Crippen LogP contribution is 2.30. The van der Waals surface area contributed by atoms with Crippen LogP contribution >= 0.6 is 11.8 Å². The van der Waals surface area contributed by atoms with Crippen LogP contribution in [0.2, 0.25) is 0 Å². The van der Waals surface area contributed by atoms with Crippen LogP contribution in [0.25, 0.3) is 33.3 Å². The summed E-state index contributed by atoms with van der Waals surface area (Å²) in [7, 11) is 0. The van der Waals surface area contributed by atoms with Crippen molar-refractivity contribution in [1.82, 2.24) is 14.8 Å². The van der Waals surface area contributed by atoms with E-state index in [9.17, 15) is 9.18 Å². The van der Waals surface area contributed by atoms with E-state index in [1.54, 1.807) is 16.7 Å². The second-order valence-corrected chi connectivity index (χ2v) is 7.36. The van der Waals surface area contributed by atoms with Gasteiger partial charge in [0, 0.05) is 16.3 Å². The molecule has 5 rings (SSSR count). The average Bonchev–Trinajstić information content (AvgIpc) is 3.35. The molecule has 2 heterocycles. The molecule has 0 aliphatic carbocycles. The monoisotopic (exact) mass is 403 g/mol. The lowest BCUT2D eigenvalue weighted by Gasteiger charge is -2.04. The van der Waals surface area contributed by atoms with E-state index in [1.165, 1.54) is 23.9 Å². The zero-order chi connectivity index (χ0) is 19.8. The van der Waals surface area contributed by atoms with Crippen LogP contribution in [-0.4, -0.2) is 26.4 Å². The molecule has 0 saturated carbocycles. The fourth-order valence-electron chi connectivity index (χ4n) is 3.36. The van der Waals surface area contributed by atoms with Crippen LogP contribution in [-0.2, 0) is 0 Å². The van der Waals surface area contributed by atoms with Gasteiger partial charge in [-0.05, 0) is 36.4 Å². The minimum atomic E-state index is -0.334. The zero-order valence-corrected chi connectivity index (χ0v) is 15.9. The maximum absolute atomic E-state index is 13.1. The molecule has 0 unspecified atom stereocenters. The summed E-state index contributed by atoms with van der Waals surface area (Å²) in [6.45, 7) is 0. The van der Waals surface area contributed by atoms with Gasteiger partial charge in [0.2, 0.25) is 11.8 Å². The molecule has 5 nitrogen and oxygen atoms in total. The van der Waals surface area contributed by atoms with Gasteiger partial charge < -0.3 is 4.42 Å². The Balaban J connectivity index is 1.41. The van der Waals surface area contributed by atoms with Crippen LogP contribution in [0.3, 0.4) is 0 Å². The molecule has 0 aliphatic heterocycles. The molecule has 5 aromatic rings. The van der Waals surface area contributed by atoms with Crippen molar-refractivity contribution in [3.63, 3.8) is 0 Å². The lowest BCUT2D eigenvalue weighted by molar-refractivity contribution is 0.0951. The number of rotatable bonds is 4. The minimum Gasteiger partial charge on any atom is -0.411 e. The number of thioether (sulfide) groups is 1. The highest BCUT2D eigenvalue weighted by Gasteiger charge is 2.17. The molecule has 0 atom stereocenters. The van der Waals surface area contributed by atoms with Crippen molar-refractivity contribution in [3.05, 3.63) is 78.6 Å².